The lowest BCUT2D eigenvalue weighted by atomic mass is 10.0. The van der Waals surface area contributed by atoms with Crippen molar-refractivity contribution >= 4 is 66.9 Å². The van der Waals surface area contributed by atoms with Crippen LogP contribution in [0.4, 0.5) is 11.4 Å². The number of hydrogen-bond acceptors (Lipinski definition) is 5. The molecule has 7 heteroatoms. The maximum atomic E-state index is 13.5. The third-order valence-electron chi connectivity index (χ3n) is 5.20. The first-order valence-electron chi connectivity index (χ1n) is 9.52. The molecule has 0 spiro atoms. The maximum Gasteiger partial charge on any atom is 0.211 e. The lowest BCUT2D eigenvalue weighted by Gasteiger charge is -2.18. The Balaban J connectivity index is 1.86. The molecule has 0 aromatic heterocycles. The van der Waals surface area contributed by atoms with Crippen molar-refractivity contribution in [1.29, 1.82) is 0 Å². The molecule has 0 atom stereocenters. The standard InChI is InChI=1S/C24H16Cl2N2O2S/c1-12-9-18(19(30-2)11-16(12)26)28-22-23(29)15-6-4-3-5-14(15)21-24(22)31-20-10-13(25)7-8-17(20)27-21/h3-11,28H,1-2H3. The molecule has 0 saturated heterocycles. The summed E-state index contributed by atoms with van der Waals surface area (Å²) in [7, 11) is 1.57. The second kappa shape index (κ2) is 7.68. The topological polar surface area (TPSA) is 51.2 Å². The number of fused-ring (bicyclic) bond motifs is 4. The van der Waals surface area contributed by atoms with Crippen LogP contribution in [0, 0.1) is 6.92 Å². The van der Waals surface area contributed by atoms with E-state index in [9.17, 15) is 4.79 Å². The summed E-state index contributed by atoms with van der Waals surface area (Å²) < 4.78 is 6.40. The van der Waals surface area contributed by atoms with Crippen LogP contribution in [0.1, 0.15) is 5.56 Å². The molecule has 1 N–H and O–H groups in total. The summed E-state index contributed by atoms with van der Waals surface area (Å²) in [5.41, 5.74) is 3.49. The Morgan fingerprint density at radius 2 is 1.81 bits per heavy atom. The molecule has 4 nitrogen and oxygen atoms in total. The van der Waals surface area contributed by atoms with Gasteiger partial charge in [-0.2, -0.15) is 0 Å². The van der Waals surface area contributed by atoms with Crippen LogP contribution in [-0.4, -0.2) is 12.1 Å². The van der Waals surface area contributed by atoms with Crippen molar-refractivity contribution in [2.24, 2.45) is 0 Å². The molecule has 154 valence electrons. The number of aryl methyl sites for hydroxylation is 1. The predicted octanol–water partition coefficient (Wildman–Crippen LogP) is 7.28. The first-order chi connectivity index (χ1) is 15.0. The Morgan fingerprint density at radius 3 is 2.58 bits per heavy atom. The number of aromatic nitrogens is 1. The van der Waals surface area contributed by atoms with E-state index in [-0.39, 0.29) is 5.43 Å². The Bertz CT molecular complexity index is 1510. The van der Waals surface area contributed by atoms with Crippen LogP contribution in [0.3, 0.4) is 0 Å². The Hall–Kier alpha value is -2.86. The zero-order chi connectivity index (χ0) is 21.7. The van der Waals surface area contributed by atoms with E-state index in [1.54, 1.807) is 13.2 Å². The van der Waals surface area contributed by atoms with E-state index in [2.05, 4.69) is 5.32 Å². The van der Waals surface area contributed by atoms with Crippen LogP contribution >= 0.6 is 34.5 Å². The quantitative estimate of drug-likeness (QED) is 0.224. The van der Waals surface area contributed by atoms with Gasteiger partial charge in [0.05, 0.1) is 33.6 Å². The minimum atomic E-state index is -0.0998. The first-order valence-corrected chi connectivity index (χ1v) is 11.1. The SMILES string of the molecule is COc1cc(Cl)c(C)cc1Nc1c2sc3cc(Cl)ccc3nc-2c2ccccc2c1=O. The minimum absolute atomic E-state index is 0.0998. The number of ether oxygens (including phenoxy) is 1. The van der Waals surface area contributed by atoms with E-state index in [1.807, 2.05) is 55.5 Å². The average Bonchev–Trinajstić information content (AvgIpc) is 2.77. The average molecular weight is 467 g/mol. The second-order valence-electron chi connectivity index (χ2n) is 7.18. The Labute approximate surface area is 192 Å². The first kappa shape index (κ1) is 20.1. The molecule has 2 aliphatic rings. The second-order valence-corrected chi connectivity index (χ2v) is 9.08. The van der Waals surface area contributed by atoms with E-state index < -0.39 is 0 Å². The van der Waals surface area contributed by atoms with Gasteiger partial charge < -0.3 is 10.1 Å². The number of methoxy groups -OCH3 is 1. The van der Waals surface area contributed by atoms with Crippen LogP contribution < -0.4 is 15.5 Å². The lowest BCUT2D eigenvalue weighted by Crippen LogP contribution is -2.12. The number of anilines is 2. The highest BCUT2D eigenvalue weighted by molar-refractivity contribution is 7.22. The van der Waals surface area contributed by atoms with E-state index in [0.29, 0.717) is 32.6 Å². The van der Waals surface area contributed by atoms with E-state index >= 15 is 0 Å². The maximum absolute atomic E-state index is 13.5. The number of benzene rings is 4. The molecular formula is C24H16Cl2N2O2S. The normalized spacial score (nSPS) is 11.4. The molecule has 5 rings (SSSR count). The highest BCUT2D eigenvalue weighted by Crippen LogP contribution is 2.42. The zero-order valence-corrected chi connectivity index (χ0v) is 19.0. The highest BCUT2D eigenvalue weighted by Gasteiger charge is 2.22. The van der Waals surface area contributed by atoms with Gasteiger partial charge in [-0.3, -0.25) is 4.79 Å². The smallest absolute Gasteiger partial charge is 0.211 e. The summed E-state index contributed by atoms with van der Waals surface area (Å²) in [5, 5.41) is 5.96. The molecule has 0 saturated carbocycles. The van der Waals surface area contributed by atoms with Crippen molar-refractivity contribution in [3.05, 3.63) is 80.4 Å². The summed E-state index contributed by atoms with van der Waals surface area (Å²) in [6.45, 7) is 1.91. The zero-order valence-electron chi connectivity index (χ0n) is 16.6. The van der Waals surface area contributed by atoms with Gasteiger partial charge >= 0.3 is 0 Å². The largest absolute Gasteiger partial charge is 0.495 e. The van der Waals surface area contributed by atoms with Gasteiger partial charge in [-0.05, 0) is 36.8 Å². The van der Waals surface area contributed by atoms with Crippen molar-refractivity contribution in [3.63, 3.8) is 0 Å². The van der Waals surface area contributed by atoms with Gasteiger partial charge in [-0.25, -0.2) is 4.98 Å². The van der Waals surface area contributed by atoms with Gasteiger partial charge in [0.2, 0.25) is 5.43 Å². The molecule has 31 heavy (non-hydrogen) atoms. The van der Waals surface area contributed by atoms with Crippen LogP contribution in [0.15, 0.2) is 59.4 Å². The van der Waals surface area contributed by atoms with E-state index in [4.69, 9.17) is 32.9 Å². The molecule has 3 aromatic carbocycles. The van der Waals surface area contributed by atoms with Gasteiger partial charge in [0, 0.05) is 26.9 Å². The minimum Gasteiger partial charge on any atom is -0.495 e. The van der Waals surface area contributed by atoms with Crippen molar-refractivity contribution in [3.8, 4) is 16.3 Å². The van der Waals surface area contributed by atoms with Crippen molar-refractivity contribution in [2.75, 3.05) is 12.4 Å². The number of hydrogen-bond donors (Lipinski definition) is 1. The fourth-order valence-corrected chi connectivity index (χ4v) is 5.16. The number of nitrogens with one attached hydrogen (secondary N) is 1. The van der Waals surface area contributed by atoms with Crippen molar-refractivity contribution in [2.45, 2.75) is 6.92 Å². The Morgan fingerprint density at radius 1 is 1.03 bits per heavy atom. The van der Waals surface area contributed by atoms with E-state index in [0.717, 1.165) is 31.7 Å². The third-order valence-corrected chi connectivity index (χ3v) is 6.99. The molecule has 0 unspecified atom stereocenters. The van der Waals surface area contributed by atoms with Gasteiger partial charge in [-0.15, -0.1) is 11.3 Å². The summed E-state index contributed by atoms with van der Waals surface area (Å²) in [6.07, 6.45) is 0. The fourth-order valence-electron chi connectivity index (χ4n) is 3.65. The van der Waals surface area contributed by atoms with Crippen molar-refractivity contribution in [1.82, 2.24) is 4.98 Å². The molecule has 0 amide bonds. The monoisotopic (exact) mass is 466 g/mol. The summed E-state index contributed by atoms with van der Waals surface area (Å²) in [6, 6.07) is 16.7. The molecule has 0 fully saturated rings. The predicted molar refractivity (Wildman–Crippen MR) is 131 cm³/mol. The molecule has 1 aliphatic carbocycles. The Kier molecular flexibility index (Phi) is 4.97. The molecular weight excluding hydrogens is 451 g/mol. The van der Waals surface area contributed by atoms with Crippen LogP contribution in [0.2, 0.25) is 10.0 Å². The molecule has 1 heterocycles. The van der Waals surface area contributed by atoms with Crippen LogP contribution in [-0.2, 0) is 0 Å². The number of halogens is 2. The highest BCUT2D eigenvalue weighted by atomic mass is 35.5. The van der Waals surface area contributed by atoms with Crippen LogP contribution in [0.25, 0.3) is 31.6 Å². The van der Waals surface area contributed by atoms with E-state index in [1.165, 1.54) is 11.3 Å². The molecule has 3 aromatic rings. The number of nitrogens with zero attached hydrogens (tertiary/aromatic N) is 1. The van der Waals surface area contributed by atoms with Gasteiger partial charge in [-0.1, -0.05) is 47.5 Å². The van der Waals surface area contributed by atoms with Crippen LogP contribution in [0.5, 0.6) is 5.75 Å². The van der Waals surface area contributed by atoms with Gasteiger partial charge in [0.15, 0.2) is 0 Å². The summed E-state index contributed by atoms with van der Waals surface area (Å²) in [5.74, 6) is 0.554. The third kappa shape index (κ3) is 3.39. The van der Waals surface area contributed by atoms with Crippen molar-refractivity contribution < 1.29 is 4.74 Å². The molecule has 0 bridgehead atoms. The summed E-state index contributed by atoms with van der Waals surface area (Å²) in [4.78, 5) is 19.2. The fraction of sp³-hybridized carbons (Fsp3) is 0.0833. The van der Waals surface area contributed by atoms with Gasteiger partial charge in [0.1, 0.15) is 11.4 Å². The summed E-state index contributed by atoms with van der Waals surface area (Å²) >= 11 is 14.0. The van der Waals surface area contributed by atoms with Gasteiger partial charge in [0.25, 0.3) is 0 Å². The molecule has 1 aliphatic heterocycles. The number of rotatable bonds is 3. The molecule has 0 radical (unpaired) electrons. The lowest BCUT2D eigenvalue weighted by molar-refractivity contribution is 0.417.